The van der Waals surface area contributed by atoms with Crippen LogP contribution in [0.25, 0.3) is 0 Å². The van der Waals surface area contributed by atoms with Gasteiger partial charge in [0.1, 0.15) is 5.69 Å². The van der Waals surface area contributed by atoms with Gasteiger partial charge in [-0.3, -0.25) is 0 Å². The third-order valence-electron chi connectivity index (χ3n) is 1.71. The van der Waals surface area contributed by atoms with E-state index < -0.39 is 9.84 Å². The number of sulfone groups is 1. The van der Waals surface area contributed by atoms with Crippen LogP contribution in [0.1, 0.15) is 5.56 Å². The van der Waals surface area contributed by atoms with E-state index >= 15 is 0 Å². The molecule has 0 aliphatic rings. The highest BCUT2D eigenvalue weighted by Gasteiger charge is 2.09. The van der Waals surface area contributed by atoms with Crippen LogP contribution in [0.4, 0.5) is 5.69 Å². The van der Waals surface area contributed by atoms with Crippen molar-refractivity contribution >= 4 is 15.5 Å². The summed E-state index contributed by atoms with van der Waals surface area (Å²) in [7, 11) is -3.25. The summed E-state index contributed by atoms with van der Waals surface area (Å²) in [5.41, 5.74) is 0.838. The zero-order valence-corrected chi connectivity index (χ0v) is 8.13. The first kappa shape index (κ1) is 9.85. The molecule has 0 aliphatic carbocycles. The van der Waals surface area contributed by atoms with Gasteiger partial charge >= 0.3 is 0 Å². The largest absolute Gasteiger partial charge is 0.224 e. The van der Waals surface area contributed by atoms with Crippen LogP contribution in [-0.2, 0) is 9.84 Å². The zero-order valence-electron chi connectivity index (χ0n) is 7.31. The molecule has 1 aromatic rings. The lowest BCUT2D eigenvalue weighted by Gasteiger charge is -2.00. The van der Waals surface area contributed by atoms with Gasteiger partial charge in [-0.15, -0.1) is 4.91 Å². The summed E-state index contributed by atoms with van der Waals surface area (Å²) in [6.45, 7) is 1.70. The predicted molar refractivity (Wildman–Crippen MR) is 49.7 cm³/mol. The Morgan fingerprint density at radius 1 is 1.31 bits per heavy atom. The summed E-state index contributed by atoms with van der Waals surface area (Å²) in [6.07, 6.45) is 1.09. The number of nitroso groups, excluding NO2 is 1. The van der Waals surface area contributed by atoms with Crippen LogP contribution >= 0.6 is 0 Å². The van der Waals surface area contributed by atoms with Crippen LogP contribution in [0, 0.1) is 11.8 Å². The smallest absolute Gasteiger partial charge is 0.175 e. The van der Waals surface area contributed by atoms with Crippen molar-refractivity contribution in [1.82, 2.24) is 0 Å². The molecule has 0 amide bonds. The van der Waals surface area contributed by atoms with Crippen molar-refractivity contribution in [1.29, 1.82) is 0 Å². The highest BCUT2D eigenvalue weighted by Crippen LogP contribution is 2.22. The molecule has 0 aliphatic heterocycles. The van der Waals surface area contributed by atoms with Gasteiger partial charge in [-0.05, 0) is 29.8 Å². The first-order chi connectivity index (χ1) is 5.95. The molecule has 0 saturated carbocycles. The minimum atomic E-state index is -3.25. The molecule has 0 heterocycles. The van der Waals surface area contributed by atoms with Crippen molar-refractivity contribution < 1.29 is 8.42 Å². The molecule has 1 aromatic carbocycles. The van der Waals surface area contributed by atoms with Crippen LogP contribution in [0.2, 0.25) is 0 Å². The first-order valence-electron chi connectivity index (χ1n) is 3.59. The summed E-state index contributed by atoms with van der Waals surface area (Å²) in [6, 6.07) is 4.30. The quantitative estimate of drug-likeness (QED) is 0.682. The Bertz CT molecular complexity index is 437. The van der Waals surface area contributed by atoms with Crippen molar-refractivity contribution in [2.45, 2.75) is 11.8 Å². The summed E-state index contributed by atoms with van der Waals surface area (Å²) in [5, 5.41) is 2.73. The molecule has 0 unspecified atom stereocenters. The summed E-state index contributed by atoms with van der Waals surface area (Å²) in [4.78, 5) is 10.4. The molecule has 0 spiro atoms. The van der Waals surface area contributed by atoms with Gasteiger partial charge in [0.05, 0.1) is 4.90 Å². The molecule has 0 bridgehead atoms. The van der Waals surface area contributed by atoms with Gasteiger partial charge in [0.25, 0.3) is 0 Å². The zero-order chi connectivity index (χ0) is 10.1. The van der Waals surface area contributed by atoms with Crippen LogP contribution in [0.15, 0.2) is 28.3 Å². The van der Waals surface area contributed by atoms with E-state index in [0.717, 1.165) is 6.26 Å². The Hall–Kier alpha value is -1.23. The second kappa shape index (κ2) is 3.26. The van der Waals surface area contributed by atoms with E-state index in [1.165, 1.54) is 12.1 Å². The van der Waals surface area contributed by atoms with Crippen LogP contribution in [0.5, 0.6) is 0 Å². The van der Waals surface area contributed by atoms with Gasteiger partial charge < -0.3 is 0 Å². The average Bonchev–Trinajstić information content (AvgIpc) is 2.03. The topological polar surface area (TPSA) is 63.6 Å². The number of nitrogens with zero attached hydrogens (tertiary/aromatic N) is 1. The number of hydrogen-bond donors (Lipinski definition) is 0. The lowest BCUT2D eigenvalue weighted by Crippen LogP contribution is -1.96. The SMILES string of the molecule is Cc1ccc(S(C)(=O)=O)cc1N=O. The molecule has 0 atom stereocenters. The van der Waals surface area contributed by atoms with Gasteiger partial charge in [-0.1, -0.05) is 6.07 Å². The highest BCUT2D eigenvalue weighted by molar-refractivity contribution is 7.90. The van der Waals surface area contributed by atoms with Gasteiger partial charge in [-0.2, -0.15) is 0 Å². The Kier molecular flexibility index (Phi) is 2.47. The normalized spacial score (nSPS) is 11.2. The van der Waals surface area contributed by atoms with Crippen molar-refractivity contribution in [3.05, 3.63) is 28.7 Å². The second-order valence-corrected chi connectivity index (χ2v) is 4.83. The number of rotatable bonds is 2. The van der Waals surface area contributed by atoms with Crippen LogP contribution in [0.3, 0.4) is 0 Å². The third kappa shape index (κ3) is 2.12. The standard InChI is InChI=1S/C8H9NO3S/c1-6-3-4-7(13(2,11)12)5-8(6)9-10/h3-5H,1-2H3. The molecule has 0 saturated heterocycles. The predicted octanol–water partition coefficient (Wildman–Crippen LogP) is 1.80. The van der Waals surface area contributed by atoms with Gasteiger partial charge in [-0.25, -0.2) is 8.42 Å². The first-order valence-corrected chi connectivity index (χ1v) is 5.48. The second-order valence-electron chi connectivity index (χ2n) is 2.81. The minimum absolute atomic E-state index is 0.118. The Morgan fingerprint density at radius 2 is 1.92 bits per heavy atom. The summed E-state index contributed by atoms with van der Waals surface area (Å²) >= 11 is 0. The molecular formula is C8H9NO3S. The molecular weight excluding hydrogens is 190 g/mol. The molecule has 0 N–H and O–H groups in total. The number of hydrogen-bond acceptors (Lipinski definition) is 4. The fourth-order valence-electron chi connectivity index (χ4n) is 0.918. The van der Waals surface area contributed by atoms with Gasteiger partial charge in [0.2, 0.25) is 0 Å². The summed E-state index contributed by atoms with van der Waals surface area (Å²) < 4.78 is 22.1. The maximum Gasteiger partial charge on any atom is 0.175 e. The molecule has 4 nitrogen and oxygen atoms in total. The van der Waals surface area contributed by atoms with Crippen molar-refractivity contribution in [3.8, 4) is 0 Å². The van der Waals surface area contributed by atoms with E-state index in [9.17, 15) is 13.3 Å². The average molecular weight is 199 g/mol. The highest BCUT2D eigenvalue weighted by atomic mass is 32.2. The lowest BCUT2D eigenvalue weighted by atomic mass is 10.2. The fourth-order valence-corrected chi connectivity index (χ4v) is 1.56. The number of aryl methyl sites for hydroxylation is 1. The fraction of sp³-hybridized carbons (Fsp3) is 0.250. The number of benzene rings is 1. The van der Waals surface area contributed by atoms with E-state index in [1.807, 2.05) is 0 Å². The molecule has 13 heavy (non-hydrogen) atoms. The molecule has 0 fully saturated rings. The Morgan fingerprint density at radius 3 is 2.38 bits per heavy atom. The van der Waals surface area contributed by atoms with E-state index in [2.05, 4.69) is 5.18 Å². The van der Waals surface area contributed by atoms with Crippen LogP contribution in [-0.4, -0.2) is 14.7 Å². The lowest BCUT2D eigenvalue weighted by molar-refractivity contribution is 0.602. The molecule has 0 aromatic heterocycles. The minimum Gasteiger partial charge on any atom is -0.224 e. The molecule has 0 radical (unpaired) electrons. The Labute approximate surface area is 76.5 Å². The Balaban J connectivity index is 3.38. The maximum atomic E-state index is 11.1. The third-order valence-corrected chi connectivity index (χ3v) is 2.82. The summed E-state index contributed by atoms with van der Waals surface area (Å²) in [5.74, 6) is 0. The maximum absolute atomic E-state index is 11.1. The van der Waals surface area contributed by atoms with E-state index in [-0.39, 0.29) is 10.6 Å². The van der Waals surface area contributed by atoms with E-state index in [4.69, 9.17) is 0 Å². The van der Waals surface area contributed by atoms with Crippen LogP contribution < -0.4 is 0 Å². The van der Waals surface area contributed by atoms with E-state index in [1.54, 1.807) is 13.0 Å². The monoisotopic (exact) mass is 199 g/mol. The van der Waals surface area contributed by atoms with Gasteiger partial charge in [0.15, 0.2) is 9.84 Å². The van der Waals surface area contributed by atoms with Crippen molar-refractivity contribution in [2.75, 3.05) is 6.26 Å². The van der Waals surface area contributed by atoms with Crippen molar-refractivity contribution in [2.24, 2.45) is 5.18 Å². The van der Waals surface area contributed by atoms with Crippen molar-refractivity contribution in [3.63, 3.8) is 0 Å². The molecule has 70 valence electrons. The van der Waals surface area contributed by atoms with E-state index in [0.29, 0.717) is 5.56 Å². The molecule has 5 heteroatoms. The van der Waals surface area contributed by atoms with Gasteiger partial charge in [0, 0.05) is 6.26 Å². The molecule has 1 rings (SSSR count).